The highest BCUT2D eigenvalue weighted by atomic mass is 31.2. The van der Waals surface area contributed by atoms with Crippen LogP contribution in [0.3, 0.4) is 0 Å². The zero-order chi connectivity index (χ0) is 40.2. The zero-order valence-corrected chi connectivity index (χ0v) is 34.6. The monoisotopic (exact) mass is 802 g/mol. The molecule has 1 aromatic rings. The van der Waals surface area contributed by atoms with Crippen LogP contribution in [0.15, 0.2) is 40.2 Å². The Morgan fingerprint density at radius 3 is 2.16 bits per heavy atom. The average Bonchev–Trinajstić information content (AvgIpc) is 3.73. The minimum atomic E-state index is -4.63. The molecular weight excluding hydrogens is 735 g/mol. The van der Waals surface area contributed by atoms with Crippen molar-refractivity contribution >= 4 is 20.0 Å². The molecule has 4 heterocycles. The molecule has 0 radical (unpaired) electrons. The Labute approximate surface area is 334 Å². The Morgan fingerprint density at radius 1 is 0.982 bits per heavy atom. The summed E-state index contributed by atoms with van der Waals surface area (Å²) in [4.78, 5) is 18.8. The quantitative estimate of drug-likeness (QED) is 0.0458. The van der Waals surface area contributed by atoms with Gasteiger partial charge in [0, 0.05) is 6.20 Å². The Hall–Kier alpha value is -2.73. The summed E-state index contributed by atoms with van der Waals surface area (Å²) in [6, 6.07) is 4.91. The standard InChI is InChI=1S/C41H67N6O8P/c1-3-4-5-6-7-8-9-10-11-12-13-14-15-16-17-18-19-20-21-34(52-28-32-22-23-33(26-42)44-27-32)29-53-56(50,51)54-30-41(2)39(49)37(48)38(55-41)35-24-25-36-40(43)45-31-46-47(35)36/h22-23,25,27,31,34-35,37-39,48-49H,3-21,24,28-30H2,1-2H3,(H,50,51)(H2,43,45,46)/t34-,35?,37+,38+,39+,41-/m1/s1. The van der Waals surface area contributed by atoms with Gasteiger partial charge in [-0.2, -0.15) is 10.4 Å². The van der Waals surface area contributed by atoms with Crippen LogP contribution in [0.25, 0.3) is 0 Å². The van der Waals surface area contributed by atoms with Crippen LogP contribution in [0, 0.1) is 11.3 Å². The molecule has 0 aliphatic carbocycles. The molecule has 2 unspecified atom stereocenters. The van der Waals surface area contributed by atoms with Gasteiger partial charge in [-0.3, -0.25) is 14.1 Å². The van der Waals surface area contributed by atoms with Gasteiger partial charge in [-0.15, -0.1) is 0 Å². The lowest BCUT2D eigenvalue weighted by Crippen LogP contribution is -2.46. The average molecular weight is 803 g/mol. The van der Waals surface area contributed by atoms with Crippen LogP contribution in [0.1, 0.15) is 154 Å². The first kappa shape index (κ1) is 46.0. The summed E-state index contributed by atoms with van der Waals surface area (Å²) in [5.74, 6) is 0.288. The fraction of sp³-hybridized carbons (Fsp3) is 0.756. The molecule has 7 atom stereocenters. The fourth-order valence-electron chi connectivity index (χ4n) is 7.58. The summed E-state index contributed by atoms with van der Waals surface area (Å²) >= 11 is 0. The third kappa shape index (κ3) is 14.9. The fourth-order valence-corrected chi connectivity index (χ4v) is 8.43. The van der Waals surface area contributed by atoms with Crippen LogP contribution in [0.5, 0.6) is 0 Å². The molecule has 1 fully saturated rings. The molecule has 15 heteroatoms. The number of aliphatic imine (C=N–C) groups is 1. The van der Waals surface area contributed by atoms with E-state index < -0.39 is 50.5 Å². The van der Waals surface area contributed by atoms with Crippen LogP contribution in [-0.2, 0) is 29.7 Å². The van der Waals surface area contributed by atoms with Crippen molar-refractivity contribution in [3.05, 3.63) is 41.4 Å². The number of aliphatic hydroxyl groups excluding tert-OH is 2. The van der Waals surface area contributed by atoms with E-state index in [0.717, 1.165) is 24.8 Å². The van der Waals surface area contributed by atoms with Crippen molar-refractivity contribution in [3.63, 3.8) is 0 Å². The lowest BCUT2D eigenvalue weighted by molar-refractivity contribution is -0.110. The Kier molecular flexibility index (Phi) is 19.9. The molecule has 1 saturated heterocycles. The number of nitriles is 1. The van der Waals surface area contributed by atoms with E-state index in [-0.39, 0.29) is 19.0 Å². The number of rotatable bonds is 29. The van der Waals surface area contributed by atoms with Crippen LogP contribution in [0.4, 0.5) is 0 Å². The summed E-state index contributed by atoms with van der Waals surface area (Å²) in [6.07, 6.45) is 24.7. The predicted molar refractivity (Wildman–Crippen MR) is 216 cm³/mol. The van der Waals surface area contributed by atoms with Gasteiger partial charge < -0.3 is 30.3 Å². The molecule has 1 aromatic heterocycles. The first-order valence-corrected chi connectivity index (χ1v) is 22.5. The Morgan fingerprint density at radius 2 is 1.59 bits per heavy atom. The lowest BCUT2D eigenvalue weighted by Gasteiger charge is -2.32. The molecule has 3 aliphatic heterocycles. The van der Waals surface area contributed by atoms with Crippen molar-refractivity contribution in [2.24, 2.45) is 15.8 Å². The molecule has 0 spiro atoms. The second-order valence-corrected chi connectivity index (χ2v) is 17.2. The van der Waals surface area contributed by atoms with Crippen LogP contribution in [-0.4, -0.2) is 86.5 Å². The lowest BCUT2D eigenvalue weighted by atomic mass is 9.95. The number of phosphoric acid groups is 1. The molecule has 4 rings (SSSR count). The highest BCUT2D eigenvalue weighted by molar-refractivity contribution is 7.47. The number of hydrazone groups is 1. The first-order chi connectivity index (χ1) is 27.1. The van der Waals surface area contributed by atoms with Gasteiger partial charge in [0.25, 0.3) is 0 Å². The van der Waals surface area contributed by atoms with Gasteiger partial charge in [0.05, 0.1) is 37.7 Å². The number of phosphoric ester groups is 1. The summed E-state index contributed by atoms with van der Waals surface area (Å²) in [7, 11) is -4.63. The van der Waals surface area contributed by atoms with E-state index in [9.17, 15) is 19.7 Å². The number of unbranched alkanes of at least 4 members (excludes halogenated alkanes) is 17. The smallest absolute Gasteiger partial charge is 0.387 e. The van der Waals surface area contributed by atoms with Gasteiger partial charge in [-0.25, -0.2) is 14.5 Å². The maximum Gasteiger partial charge on any atom is 0.472 e. The van der Waals surface area contributed by atoms with Gasteiger partial charge in [0.1, 0.15) is 42.0 Å². The van der Waals surface area contributed by atoms with E-state index in [1.165, 1.54) is 110 Å². The van der Waals surface area contributed by atoms with Crippen molar-refractivity contribution in [3.8, 4) is 6.07 Å². The molecule has 0 aromatic carbocycles. The number of hydrogen-bond donors (Lipinski definition) is 4. The highest BCUT2D eigenvalue weighted by Crippen LogP contribution is 2.47. The SMILES string of the molecule is CCCCCCCCCCCCCCCCCCCC[C@H](COP(=O)(O)OC[C@@]1(C)O[C@@H](C2CC=C3C(N)=NC=NN32)[C@H](O)[C@@H]1O)OCc1ccc(C#N)nc1. The van der Waals surface area contributed by atoms with E-state index in [1.54, 1.807) is 23.3 Å². The van der Waals surface area contributed by atoms with Gasteiger partial charge in [-0.05, 0) is 31.4 Å². The normalized spacial score (nSPS) is 24.8. The summed E-state index contributed by atoms with van der Waals surface area (Å²) in [5, 5.41) is 36.8. The third-order valence-electron chi connectivity index (χ3n) is 11.1. The number of aromatic nitrogens is 1. The molecule has 3 aliphatic rings. The van der Waals surface area contributed by atoms with E-state index in [2.05, 4.69) is 22.0 Å². The summed E-state index contributed by atoms with van der Waals surface area (Å²) in [5.41, 5.74) is 6.12. The van der Waals surface area contributed by atoms with E-state index in [0.29, 0.717) is 24.2 Å². The molecule has 56 heavy (non-hydrogen) atoms. The number of nitrogens with zero attached hydrogens (tertiary/aromatic N) is 5. The van der Waals surface area contributed by atoms with Crippen LogP contribution in [0.2, 0.25) is 0 Å². The van der Waals surface area contributed by atoms with Crippen molar-refractivity contribution in [1.82, 2.24) is 9.99 Å². The van der Waals surface area contributed by atoms with Crippen LogP contribution < -0.4 is 5.73 Å². The molecule has 314 valence electrons. The third-order valence-corrected chi connectivity index (χ3v) is 12.0. The zero-order valence-electron chi connectivity index (χ0n) is 33.7. The van der Waals surface area contributed by atoms with Gasteiger partial charge >= 0.3 is 7.82 Å². The molecule has 14 nitrogen and oxygen atoms in total. The largest absolute Gasteiger partial charge is 0.472 e. The number of nitrogens with two attached hydrogens (primary N) is 1. The summed E-state index contributed by atoms with van der Waals surface area (Å²) < 4.78 is 36.1. The molecule has 0 bridgehead atoms. The van der Waals surface area contributed by atoms with E-state index in [1.807, 2.05) is 12.1 Å². The summed E-state index contributed by atoms with van der Waals surface area (Å²) in [6.45, 7) is 3.25. The van der Waals surface area contributed by atoms with Gasteiger partial charge in [0.15, 0.2) is 5.84 Å². The molecule has 0 saturated carbocycles. The topological polar surface area (TPSA) is 205 Å². The van der Waals surface area contributed by atoms with E-state index >= 15 is 0 Å². The van der Waals surface area contributed by atoms with Crippen molar-refractivity contribution in [1.29, 1.82) is 5.26 Å². The Balaban J connectivity index is 1.15. The number of ether oxygens (including phenoxy) is 2. The highest BCUT2D eigenvalue weighted by Gasteiger charge is 2.56. The number of aliphatic hydroxyl groups is 2. The Bertz CT molecular complexity index is 1490. The number of fused-ring (bicyclic) bond motifs is 1. The second-order valence-electron chi connectivity index (χ2n) is 15.7. The number of hydrogen-bond acceptors (Lipinski definition) is 13. The van der Waals surface area contributed by atoms with Crippen molar-refractivity contribution in [2.75, 3.05) is 13.2 Å². The van der Waals surface area contributed by atoms with Gasteiger partial charge in [0.2, 0.25) is 0 Å². The maximum absolute atomic E-state index is 13.1. The molecule has 0 amide bonds. The number of pyridine rings is 1. The molecule has 5 N–H and O–H groups in total. The maximum atomic E-state index is 13.1. The predicted octanol–water partition coefficient (Wildman–Crippen LogP) is 7.56. The minimum Gasteiger partial charge on any atom is -0.387 e. The minimum absolute atomic E-state index is 0.191. The number of amidine groups is 1. The van der Waals surface area contributed by atoms with E-state index in [4.69, 9.17) is 29.5 Å². The van der Waals surface area contributed by atoms with Crippen molar-refractivity contribution in [2.45, 2.75) is 185 Å². The second kappa shape index (κ2) is 24.3. The van der Waals surface area contributed by atoms with Gasteiger partial charge in [-0.1, -0.05) is 135 Å². The van der Waals surface area contributed by atoms with Crippen molar-refractivity contribution < 1.29 is 38.2 Å². The molecular formula is C41H67N6O8P. The van der Waals surface area contributed by atoms with Crippen LogP contribution >= 0.6 is 7.82 Å². The first-order valence-electron chi connectivity index (χ1n) is 21.0.